The zero-order chi connectivity index (χ0) is 18.1. The van der Waals surface area contributed by atoms with Gasteiger partial charge in [0.2, 0.25) is 0 Å². The maximum absolute atomic E-state index is 14.4. The number of hydrogen-bond acceptors (Lipinski definition) is 3. The highest BCUT2D eigenvalue weighted by molar-refractivity contribution is 5.87. The number of alkyl halides is 1. The maximum atomic E-state index is 14.4. The van der Waals surface area contributed by atoms with Crippen LogP contribution in [0.15, 0.2) is 0 Å². The van der Waals surface area contributed by atoms with Crippen LogP contribution in [0.1, 0.15) is 65.7 Å². The minimum absolute atomic E-state index is 0.00929. The fourth-order valence-electron chi connectivity index (χ4n) is 7.72. The lowest BCUT2D eigenvalue weighted by Gasteiger charge is -2.60. The molecule has 4 fully saturated rings. The summed E-state index contributed by atoms with van der Waals surface area (Å²) in [7, 11) is 0. The summed E-state index contributed by atoms with van der Waals surface area (Å²) in [6, 6.07) is 0. The quantitative estimate of drug-likeness (QED) is 0.784. The van der Waals surface area contributed by atoms with Crippen molar-refractivity contribution in [3.63, 3.8) is 0 Å². The molecular formula is C21H31FO3. The van der Waals surface area contributed by atoms with E-state index in [1.54, 1.807) is 6.92 Å². The topological polar surface area (TPSA) is 54.4 Å². The largest absolute Gasteiger partial charge is 0.390 e. The summed E-state index contributed by atoms with van der Waals surface area (Å²) >= 11 is 0. The molecule has 0 aromatic rings. The van der Waals surface area contributed by atoms with Crippen molar-refractivity contribution in [3.05, 3.63) is 0 Å². The van der Waals surface area contributed by atoms with Gasteiger partial charge in [0.05, 0.1) is 6.10 Å². The van der Waals surface area contributed by atoms with Crippen molar-refractivity contribution in [1.82, 2.24) is 0 Å². The van der Waals surface area contributed by atoms with Gasteiger partial charge in [-0.3, -0.25) is 9.59 Å². The van der Waals surface area contributed by atoms with Crippen LogP contribution >= 0.6 is 0 Å². The molecule has 0 heterocycles. The van der Waals surface area contributed by atoms with Gasteiger partial charge in [0, 0.05) is 18.3 Å². The fraction of sp³-hybridized carbons (Fsp3) is 0.905. The summed E-state index contributed by atoms with van der Waals surface area (Å²) in [6.07, 6.45) is 3.09. The van der Waals surface area contributed by atoms with Gasteiger partial charge in [-0.2, -0.15) is 0 Å². The Morgan fingerprint density at radius 3 is 2.56 bits per heavy atom. The first-order chi connectivity index (χ1) is 11.7. The summed E-state index contributed by atoms with van der Waals surface area (Å²) in [5.74, 6) is 1.35. The summed E-state index contributed by atoms with van der Waals surface area (Å²) in [5.41, 5.74) is -0.523. The third-order valence-corrected chi connectivity index (χ3v) is 8.82. The number of fused-ring (bicyclic) bond motifs is 5. The van der Waals surface area contributed by atoms with Crippen LogP contribution in [-0.4, -0.2) is 28.9 Å². The van der Waals surface area contributed by atoms with Gasteiger partial charge in [0.25, 0.3) is 0 Å². The Morgan fingerprint density at radius 1 is 1.16 bits per heavy atom. The molecule has 4 heteroatoms. The molecular weight excluding hydrogens is 319 g/mol. The zero-order valence-electron chi connectivity index (χ0n) is 15.6. The SMILES string of the molecule is CC(=O)[C@H]1CC[C@H]2[C@@H]3CC[C@H]4C[C@H](O)[C@@H](F)C[C@]4(C)[C@H]3C(=O)C[C@]12C. The molecule has 140 valence electrons. The molecule has 0 aliphatic heterocycles. The smallest absolute Gasteiger partial charge is 0.137 e. The van der Waals surface area contributed by atoms with E-state index in [2.05, 4.69) is 13.8 Å². The number of carbonyl (C=O) groups is 2. The molecule has 9 atom stereocenters. The molecule has 4 saturated carbocycles. The van der Waals surface area contributed by atoms with Crippen LogP contribution in [0.5, 0.6) is 0 Å². The Balaban J connectivity index is 1.69. The van der Waals surface area contributed by atoms with Gasteiger partial charge in [-0.05, 0) is 74.0 Å². The second kappa shape index (κ2) is 5.61. The van der Waals surface area contributed by atoms with Gasteiger partial charge in [-0.25, -0.2) is 4.39 Å². The molecule has 0 aromatic carbocycles. The first kappa shape index (κ1) is 17.6. The zero-order valence-corrected chi connectivity index (χ0v) is 15.6. The van der Waals surface area contributed by atoms with E-state index in [0.29, 0.717) is 31.1 Å². The molecule has 1 N–H and O–H groups in total. The molecule has 0 spiro atoms. The molecule has 0 bridgehead atoms. The summed E-state index contributed by atoms with van der Waals surface area (Å²) in [5, 5.41) is 9.98. The maximum Gasteiger partial charge on any atom is 0.137 e. The van der Waals surface area contributed by atoms with Crippen LogP contribution in [0.25, 0.3) is 0 Å². The van der Waals surface area contributed by atoms with E-state index in [1.165, 1.54) is 0 Å². The lowest BCUT2D eigenvalue weighted by atomic mass is 9.44. The number of halogens is 1. The van der Waals surface area contributed by atoms with E-state index < -0.39 is 12.3 Å². The van der Waals surface area contributed by atoms with E-state index in [1.807, 2.05) is 0 Å². The number of rotatable bonds is 1. The number of carbonyl (C=O) groups excluding carboxylic acids is 2. The Hall–Kier alpha value is -0.770. The third kappa shape index (κ3) is 2.32. The van der Waals surface area contributed by atoms with Crippen molar-refractivity contribution in [2.45, 2.75) is 78.0 Å². The standard InChI is InChI=1S/C21H31FO3/c1-11(23)14-6-7-15-13-5-4-12-8-17(24)16(22)9-20(12,2)19(13)18(25)10-21(14,15)3/h12-17,19,24H,4-10H2,1-3H3/t12-,13-,14+,15-,16-,17-,19+,20-,21+/m0/s1. The summed E-state index contributed by atoms with van der Waals surface area (Å²) < 4.78 is 14.4. The summed E-state index contributed by atoms with van der Waals surface area (Å²) in [6.45, 7) is 5.93. The third-order valence-electron chi connectivity index (χ3n) is 8.82. The Morgan fingerprint density at radius 2 is 1.88 bits per heavy atom. The van der Waals surface area contributed by atoms with E-state index >= 15 is 0 Å². The molecule has 25 heavy (non-hydrogen) atoms. The van der Waals surface area contributed by atoms with Crippen molar-refractivity contribution in [2.75, 3.05) is 0 Å². The second-order valence-corrected chi connectivity index (χ2v) is 9.94. The fourth-order valence-corrected chi connectivity index (χ4v) is 7.72. The van der Waals surface area contributed by atoms with E-state index in [9.17, 15) is 19.1 Å². The van der Waals surface area contributed by atoms with E-state index in [4.69, 9.17) is 0 Å². The van der Waals surface area contributed by atoms with Crippen LogP contribution in [-0.2, 0) is 9.59 Å². The Labute approximate surface area is 149 Å². The molecule has 4 rings (SSSR count). The van der Waals surface area contributed by atoms with Crippen molar-refractivity contribution < 1.29 is 19.1 Å². The molecule has 0 amide bonds. The lowest BCUT2D eigenvalue weighted by molar-refractivity contribution is -0.168. The van der Waals surface area contributed by atoms with Crippen molar-refractivity contribution >= 4 is 11.6 Å². The van der Waals surface area contributed by atoms with Crippen LogP contribution in [0.2, 0.25) is 0 Å². The summed E-state index contributed by atoms with van der Waals surface area (Å²) in [4.78, 5) is 25.5. The number of aliphatic hydroxyl groups is 1. The monoisotopic (exact) mass is 350 g/mol. The van der Waals surface area contributed by atoms with E-state index in [-0.39, 0.29) is 40.2 Å². The second-order valence-electron chi connectivity index (χ2n) is 9.94. The molecule has 3 nitrogen and oxygen atoms in total. The number of Topliss-reactive ketones (excluding diaryl/α,β-unsaturated/α-hetero) is 2. The molecule has 4 aliphatic carbocycles. The van der Waals surface area contributed by atoms with Crippen molar-refractivity contribution in [1.29, 1.82) is 0 Å². The number of aliphatic hydroxyl groups excluding tert-OH is 1. The lowest BCUT2D eigenvalue weighted by Crippen LogP contribution is -2.59. The highest BCUT2D eigenvalue weighted by Crippen LogP contribution is 2.66. The van der Waals surface area contributed by atoms with E-state index in [0.717, 1.165) is 25.7 Å². The molecule has 0 aromatic heterocycles. The first-order valence-corrected chi connectivity index (χ1v) is 10.0. The average molecular weight is 350 g/mol. The highest BCUT2D eigenvalue weighted by Gasteiger charge is 2.64. The van der Waals surface area contributed by atoms with Gasteiger partial charge in [-0.1, -0.05) is 13.8 Å². The predicted molar refractivity (Wildman–Crippen MR) is 92.6 cm³/mol. The Bertz CT molecular complexity index is 604. The van der Waals surface area contributed by atoms with Gasteiger partial charge in [-0.15, -0.1) is 0 Å². The molecule has 0 radical (unpaired) electrons. The van der Waals surface area contributed by atoms with Gasteiger partial charge < -0.3 is 5.11 Å². The van der Waals surface area contributed by atoms with Crippen molar-refractivity contribution in [2.24, 2.45) is 40.4 Å². The minimum atomic E-state index is -1.21. The molecule has 0 unspecified atom stereocenters. The number of hydrogen-bond donors (Lipinski definition) is 1. The van der Waals surface area contributed by atoms with Crippen LogP contribution < -0.4 is 0 Å². The Kier molecular flexibility index (Phi) is 3.96. The van der Waals surface area contributed by atoms with Crippen LogP contribution in [0, 0.1) is 40.4 Å². The molecule has 0 saturated heterocycles. The predicted octanol–water partition coefficient (Wildman–Crippen LogP) is 3.72. The molecule has 4 aliphatic rings. The average Bonchev–Trinajstić information content (AvgIpc) is 2.85. The van der Waals surface area contributed by atoms with Gasteiger partial charge in [0.15, 0.2) is 0 Å². The van der Waals surface area contributed by atoms with Gasteiger partial charge >= 0.3 is 0 Å². The number of ketones is 2. The minimum Gasteiger partial charge on any atom is -0.390 e. The van der Waals surface area contributed by atoms with Crippen molar-refractivity contribution in [3.8, 4) is 0 Å². The normalized spacial score (nSPS) is 55.2. The van der Waals surface area contributed by atoms with Crippen LogP contribution in [0.3, 0.4) is 0 Å². The highest BCUT2D eigenvalue weighted by atomic mass is 19.1. The first-order valence-electron chi connectivity index (χ1n) is 10.0. The van der Waals surface area contributed by atoms with Gasteiger partial charge in [0.1, 0.15) is 17.7 Å². The van der Waals surface area contributed by atoms with Crippen LogP contribution in [0.4, 0.5) is 4.39 Å².